The van der Waals surface area contributed by atoms with Gasteiger partial charge in [-0.1, -0.05) is 0 Å². The molecule has 0 saturated carbocycles. The molecule has 0 spiro atoms. The first-order chi connectivity index (χ1) is 12.0. The highest BCUT2D eigenvalue weighted by molar-refractivity contribution is 6.04. The van der Waals surface area contributed by atoms with Crippen LogP contribution in [0, 0.1) is 17.1 Å². The predicted molar refractivity (Wildman–Crippen MR) is 83.5 cm³/mol. The monoisotopic (exact) mass is 336 g/mol. The summed E-state index contributed by atoms with van der Waals surface area (Å²) < 4.78 is 19.0. The van der Waals surface area contributed by atoms with Crippen LogP contribution in [0.4, 0.5) is 9.18 Å². The number of nitrogens with one attached hydrogen (secondary N) is 2. The third-order valence-electron chi connectivity index (χ3n) is 3.83. The fourth-order valence-electron chi connectivity index (χ4n) is 2.63. The topological polar surface area (TPSA) is 108 Å². The van der Waals surface area contributed by atoms with Crippen LogP contribution in [0.25, 0.3) is 22.4 Å². The maximum Gasteiger partial charge on any atom is 0.322 e. The summed E-state index contributed by atoms with van der Waals surface area (Å²) in [5.74, 6) is -0.831. The van der Waals surface area contributed by atoms with Gasteiger partial charge in [0.05, 0.1) is 11.3 Å². The molecule has 8 heteroatoms. The number of nitriles is 1. The number of furan rings is 1. The minimum absolute atomic E-state index is 0.0716. The van der Waals surface area contributed by atoms with Gasteiger partial charge in [0.25, 0.3) is 5.91 Å². The zero-order chi connectivity index (χ0) is 17.6. The number of carbonyl (C=O) groups excluding carboxylic acids is 2. The Morgan fingerprint density at radius 3 is 2.76 bits per heavy atom. The van der Waals surface area contributed by atoms with Gasteiger partial charge in [0, 0.05) is 11.6 Å². The summed E-state index contributed by atoms with van der Waals surface area (Å²) in [4.78, 5) is 27.4. The number of hydrogen-bond acceptors (Lipinski definition) is 5. The number of imide groups is 1. The molecule has 4 rings (SSSR count). The molecule has 3 heterocycles. The Hall–Kier alpha value is -3.73. The summed E-state index contributed by atoms with van der Waals surface area (Å²) in [7, 11) is 0. The van der Waals surface area contributed by atoms with E-state index >= 15 is 0 Å². The van der Waals surface area contributed by atoms with Crippen molar-refractivity contribution < 1.29 is 18.4 Å². The second-order valence-electron chi connectivity index (χ2n) is 5.43. The molecular weight excluding hydrogens is 327 g/mol. The van der Waals surface area contributed by atoms with Gasteiger partial charge in [0.15, 0.2) is 11.6 Å². The molecular formula is C17H9FN4O3. The fraction of sp³-hybridized carbons (Fsp3) is 0.0588. The standard InChI is InChI=1S/C17H9FN4O3/c18-10-2-1-8(5-9(10)7-19)11-3-4-13-12(20-11)6-14(25-13)15-16(23)22-17(24)21-15/h1-6,15H,(H2,21,22,23,24). The van der Waals surface area contributed by atoms with Gasteiger partial charge in [-0.05, 0) is 30.3 Å². The number of halogens is 1. The number of fused-ring (bicyclic) bond motifs is 1. The van der Waals surface area contributed by atoms with E-state index in [-0.39, 0.29) is 11.3 Å². The number of benzene rings is 1. The minimum Gasteiger partial charge on any atom is -0.457 e. The Morgan fingerprint density at radius 1 is 1.20 bits per heavy atom. The van der Waals surface area contributed by atoms with E-state index in [1.54, 1.807) is 24.3 Å². The van der Waals surface area contributed by atoms with E-state index in [0.29, 0.717) is 22.4 Å². The van der Waals surface area contributed by atoms with Crippen LogP contribution in [-0.4, -0.2) is 16.9 Å². The quantitative estimate of drug-likeness (QED) is 0.699. The second kappa shape index (κ2) is 5.42. The molecule has 1 fully saturated rings. The van der Waals surface area contributed by atoms with Crippen molar-refractivity contribution in [3.8, 4) is 17.3 Å². The van der Waals surface area contributed by atoms with Gasteiger partial charge in [0.2, 0.25) is 0 Å². The molecule has 1 aromatic carbocycles. The van der Waals surface area contributed by atoms with Crippen molar-refractivity contribution in [2.24, 2.45) is 0 Å². The van der Waals surface area contributed by atoms with Crippen LogP contribution in [0.3, 0.4) is 0 Å². The molecule has 7 nitrogen and oxygen atoms in total. The van der Waals surface area contributed by atoms with E-state index in [0.717, 1.165) is 0 Å². The molecule has 25 heavy (non-hydrogen) atoms. The van der Waals surface area contributed by atoms with Crippen LogP contribution in [0.5, 0.6) is 0 Å². The lowest BCUT2D eigenvalue weighted by Gasteiger charge is -2.02. The zero-order valence-electron chi connectivity index (χ0n) is 12.5. The summed E-state index contributed by atoms with van der Waals surface area (Å²) >= 11 is 0. The maximum absolute atomic E-state index is 13.5. The summed E-state index contributed by atoms with van der Waals surface area (Å²) in [6.07, 6.45) is 0. The average molecular weight is 336 g/mol. The van der Waals surface area contributed by atoms with E-state index in [2.05, 4.69) is 15.6 Å². The minimum atomic E-state index is -0.902. The van der Waals surface area contributed by atoms with Crippen molar-refractivity contribution in [2.45, 2.75) is 6.04 Å². The Morgan fingerprint density at radius 2 is 2.04 bits per heavy atom. The van der Waals surface area contributed by atoms with Gasteiger partial charge in [0.1, 0.15) is 23.2 Å². The summed E-state index contributed by atoms with van der Waals surface area (Å²) in [5, 5.41) is 13.5. The van der Waals surface area contributed by atoms with E-state index in [4.69, 9.17) is 9.68 Å². The fourth-order valence-corrected chi connectivity index (χ4v) is 2.63. The lowest BCUT2D eigenvalue weighted by Crippen LogP contribution is -2.22. The number of urea groups is 1. The lowest BCUT2D eigenvalue weighted by atomic mass is 10.1. The van der Waals surface area contributed by atoms with Gasteiger partial charge in [-0.25, -0.2) is 14.2 Å². The maximum atomic E-state index is 13.5. The molecule has 1 saturated heterocycles. The molecule has 1 unspecified atom stereocenters. The number of hydrogen-bond donors (Lipinski definition) is 2. The zero-order valence-corrected chi connectivity index (χ0v) is 12.5. The lowest BCUT2D eigenvalue weighted by molar-refractivity contribution is -0.120. The Balaban J connectivity index is 1.75. The van der Waals surface area contributed by atoms with E-state index in [1.165, 1.54) is 18.2 Å². The first-order valence-electron chi connectivity index (χ1n) is 7.27. The number of aromatic nitrogens is 1. The number of carbonyl (C=O) groups is 2. The molecule has 0 aliphatic carbocycles. The van der Waals surface area contributed by atoms with Crippen molar-refractivity contribution in [3.63, 3.8) is 0 Å². The Bertz CT molecular complexity index is 1080. The van der Waals surface area contributed by atoms with Crippen LogP contribution in [0.15, 0.2) is 40.8 Å². The number of rotatable bonds is 2. The summed E-state index contributed by atoms with van der Waals surface area (Å²) in [6, 6.07) is 9.33. The molecule has 122 valence electrons. The SMILES string of the molecule is N#Cc1cc(-c2ccc3oc(C4NC(=O)NC4=O)cc3n2)ccc1F. The van der Waals surface area contributed by atoms with Gasteiger partial charge in [-0.2, -0.15) is 5.26 Å². The molecule has 1 aliphatic rings. The molecule has 3 aromatic rings. The van der Waals surface area contributed by atoms with Crippen LogP contribution in [0.2, 0.25) is 0 Å². The van der Waals surface area contributed by atoms with Crippen molar-refractivity contribution >= 4 is 23.0 Å². The van der Waals surface area contributed by atoms with E-state index < -0.39 is 23.8 Å². The normalized spacial score (nSPS) is 16.6. The van der Waals surface area contributed by atoms with E-state index in [9.17, 15) is 14.0 Å². The van der Waals surface area contributed by atoms with Crippen molar-refractivity contribution in [3.05, 3.63) is 53.5 Å². The van der Waals surface area contributed by atoms with E-state index in [1.807, 2.05) is 0 Å². The van der Waals surface area contributed by atoms with Crippen LogP contribution < -0.4 is 10.6 Å². The Kier molecular flexibility index (Phi) is 3.22. The first-order valence-corrected chi connectivity index (χ1v) is 7.27. The first kappa shape index (κ1) is 14.8. The largest absolute Gasteiger partial charge is 0.457 e. The third kappa shape index (κ3) is 2.48. The second-order valence-corrected chi connectivity index (χ2v) is 5.43. The van der Waals surface area contributed by atoms with Gasteiger partial charge >= 0.3 is 6.03 Å². The molecule has 0 radical (unpaired) electrons. The van der Waals surface area contributed by atoms with Crippen LogP contribution in [-0.2, 0) is 4.79 Å². The molecule has 1 aliphatic heterocycles. The molecule has 0 bridgehead atoms. The third-order valence-corrected chi connectivity index (χ3v) is 3.83. The van der Waals surface area contributed by atoms with Gasteiger partial charge in [-0.15, -0.1) is 0 Å². The molecule has 3 amide bonds. The van der Waals surface area contributed by atoms with Gasteiger partial charge < -0.3 is 9.73 Å². The molecule has 2 aromatic heterocycles. The Labute approximate surface area is 140 Å². The average Bonchev–Trinajstić information content (AvgIpc) is 3.16. The molecule has 2 N–H and O–H groups in total. The molecule has 1 atom stereocenters. The highest BCUT2D eigenvalue weighted by Gasteiger charge is 2.33. The summed E-state index contributed by atoms with van der Waals surface area (Å²) in [6.45, 7) is 0. The van der Waals surface area contributed by atoms with Crippen molar-refractivity contribution in [2.75, 3.05) is 0 Å². The highest BCUT2D eigenvalue weighted by Crippen LogP contribution is 2.28. The van der Waals surface area contributed by atoms with Crippen molar-refractivity contribution in [1.29, 1.82) is 5.26 Å². The smallest absolute Gasteiger partial charge is 0.322 e. The van der Waals surface area contributed by atoms with Crippen LogP contribution in [0.1, 0.15) is 17.4 Å². The number of nitrogens with zero attached hydrogens (tertiary/aromatic N) is 2. The van der Waals surface area contributed by atoms with Crippen molar-refractivity contribution in [1.82, 2.24) is 15.6 Å². The number of pyridine rings is 1. The number of amides is 3. The van der Waals surface area contributed by atoms with Gasteiger partial charge in [-0.3, -0.25) is 10.1 Å². The predicted octanol–water partition coefficient (Wildman–Crippen LogP) is 2.39. The van der Waals surface area contributed by atoms with Crippen LogP contribution >= 0.6 is 0 Å². The highest BCUT2D eigenvalue weighted by atomic mass is 19.1. The summed E-state index contributed by atoms with van der Waals surface area (Å²) in [5.41, 5.74) is 1.95.